The SMILES string of the molecule is CCOc1cc(C2C(C(=O)OC(C)C)=C(C)Nc3nnnn32)cc(Br)c1OCc1cccc(C)c1. The predicted octanol–water partition coefficient (Wildman–Crippen LogP) is 4.96. The zero-order chi connectivity index (χ0) is 25.1. The van der Waals surface area contributed by atoms with Crippen LogP contribution in [0, 0.1) is 6.92 Å². The van der Waals surface area contributed by atoms with Crippen molar-refractivity contribution in [2.24, 2.45) is 0 Å². The number of aromatic nitrogens is 4. The molecule has 2 heterocycles. The molecule has 10 heteroatoms. The second-order valence-electron chi connectivity index (χ2n) is 8.51. The summed E-state index contributed by atoms with van der Waals surface area (Å²) in [5.74, 6) is 1.12. The number of carbonyl (C=O) groups excluding carboxylic acids is 1. The second-order valence-corrected chi connectivity index (χ2v) is 9.36. The highest BCUT2D eigenvalue weighted by molar-refractivity contribution is 9.10. The number of fused-ring (bicyclic) bond motifs is 1. The van der Waals surface area contributed by atoms with Crippen molar-refractivity contribution in [2.45, 2.75) is 53.4 Å². The number of hydrogen-bond acceptors (Lipinski definition) is 8. The van der Waals surface area contributed by atoms with E-state index in [2.05, 4.69) is 42.8 Å². The van der Waals surface area contributed by atoms with Crippen molar-refractivity contribution < 1.29 is 19.0 Å². The summed E-state index contributed by atoms with van der Waals surface area (Å²) in [7, 11) is 0. The van der Waals surface area contributed by atoms with Crippen LogP contribution in [0.25, 0.3) is 0 Å². The number of benzene rings is 2. The van der Waals surface area contributed by atoms with E-state index in [4.69, 9.17) is 14.2 Å². The van der Waals surface area contributed by atoms with E-state index in [0.717, 1.165) is 16.7 Å². The van der Waals surface area contributed by atoms with Gasteiger partial charge in [-0.3, -0.25) is 0 Å². The predicted molar refractivity (Wildman–Crippen MR) is 134 cm³/mol. The van der Waals surface area contributed by atoms with Crippen LogP contribution >= 0.6 is 15.9 Å². The average Bonchev–Trinajstić information content (AvgIpc) is 3.25. The van der Waals surface area contributed by atoms with Gasteiger partial charge in [0.05, 0.1) is 22.8 Å². The largest absolute Gasteiger partial charge is 0.490 e. The molecule has 0 aliphatic carbocycles. The molecule has 0 amide bonds. The maximum atomic E-state index is 13.1. The highest BCUT2D eigenvalue weighted by atomic mass is 79.9. The third-order valence-corrected chi connectivity index (χ3v) is 5.98. The molecule has 0 fully saturated rings. The number of hydrogen-bond donors (Lipinski definition) is 1. The first-order valence-corrected chi connectivity index (χ1v) is 12.2. The maximum absolute atomic E-state index is 13.1. The molecular weight excluding hydrogens is 514 g/mol. The summed E-state index contributed by atoms with van der Waals surface area (Å²) in [6, 6.07) is 11.3. The molecule has 9 nitrogen and oxygen atoms in total. The number of anilines is 1. The van der Waals surface area contributed by atoms with Gasteiger partial charge in [0.1, 0.15) is 12.6 Å². The van der Waals surface area contributed by atoms with E-state index in [9.17, 15) is 4.79 Å². The Morgan fingerprint density at radius 3 is 2.71 bits per heavy atom. The van der Waals surface area contributed by atoms with Gasteiger partial charge in [-0.2, -0.15) is 4.68 Å². The lowest BCUT2D eigenvalue weighted by Gasteiger charge is -2.28. The normalized spacial score (nSPS) is 15.0. The first kappa shape index (κ1) is 24.7. The van der Waals surface area contributed by atoms with Gasteiger partial charge in [0.15, 0.2) is 11.5 Å². The molecule has 1 unspecified atom stereocenters. The Labute approximate surface area is 212 Å². The van der Waals surface area contributed by atoms with Crippen LogP contribution in [0.1, 0.15) is 50.4 Å². The van der Waals surface area contributed by atoms with Crippen LogP contribution in [-0.2, 0) is 16.1 Å². The number of nitrogens with one attached hydrogen (secondary N) is 1. The molecule has 4 rings (SSSR count). The van der Waals surface area contributed by atoms with Crippen molar-refractivity contribution in [3.8, 4) is 11.5 Å². The Balaban J connectivity index is 1.75. The molecule has 1 aliphatic rings. The Morgan fingerprint density at radius 2 is 2.00 bits per heavy atom. The van der Waals surface area contributed by atoms with E-state index in [1.807, 2.05) is 58.0 Å². The van der Waals surface area contributed by atoms with Crippen molar-refractivity contribution in [3.05, 3.63) is 68.8 Å². The van der Waals surface area contributed by atoms with E-state index >= 15 is 0 Å². The standard InChI is InChI=1S/C25H28BrN5O4/c1-6-33-20-12-18(11-19(26)23(20)34-13-17-9-7-8-15(4)10-17)22-21(24(32)35-14(2)3)16(5)27-25-28-29-30-31(22)25/h7-12,14,22H,6,13H2,1-5H3,(H,27,28,30). The van der Waals surface area contributed by atoms with Gasteiger partial charge < -0.3 is 19.5 Å². The van der Waals surface area contributed by atoms with Crippen LogP contribution in [0.5, 0.6) is 11.5 Å². The first-order valence-electron chi connectivity index (χ1n) is 11.4. The molecule has 3 aromatic rings. The molecule has 1 aromatic heterocycles. The first-order chi connectivity index (χ1) is 16.8. The number of allylic oxidation sites excluding steroid dienone is 1. The number of ether oxygens (including phenoxy) is 3. The van der Waals surface area contributed by atoms with Crippen LogP contribution in [0.2, 0.25) is 0 Å². The number of carbonyl (C=O) groups is 1. The lowest BCUT2D eigenvalue weighted by atomic mass is 9.95. The van der Waals surface area contributed by atoms with Crippen molar-refractivity contribution in [1.29, 1.82) is 0 Å². The van der Waals surface area contributed by atoms with Crippen LogP contribution in [-0.4, -0.2) is 38.9 Å². The Morgan fingerprint density at radius 1 is 1.20 bits per heavy atom. The summed E-state index contributed by atoms with van der Waals surface area (Å²) in [4.78, 5) is 13.1. The lowest BCUT2D eigenvalue weighted by molar-refractivity contribution is -0.143. The quantitative estimate of drug-likeness (QED) is 0.399. The molecule has 1 atom stereocenters. The molecule has 1 aliphatic heterocycles. The zero-order valence-electron chi connectivity index (χ0n) is 20.3. The summed E-state index contributed by atoms with van der Waals surface area (Å²) >= 11 is 3.65. The van der Waals surface area contributed by atoms with E-state index in [1.165, 1.54) is 0 Å². The molecule has 0 spiro atoms. The number of tetrazole rings is 1. The van der Waals surface area contributed by atoms with Crippen molar-refractivity contribution >= 4 is 27.8 Å². The number of esters is 1. The molecule has 0 saturated heterocycles. The van der Waals surface area contributed by atoms with Crippen molar-refractivity contribution in [2.75, 3.05) is 11.9 Å². The molecular formula is C25H28BrN5O4. The molecule has 0 radical (unpaired) electrons. The lowest BCUT2D eigenvalue weighted by Crippen LogP contribution is -2.30. The number of halogens is 1. The fourth-order valence-corrected chi connectivity index (χ4v) is 4.54. The van der Waals surface area contributed by atoms with Gasteiger partial charge in [-0.1, -0.05) is 34.9 Å². The monoisotopic (exact) mass is 541 g/mol. The highest BCUT2D eigenvalue weighted by Gasteiger charge is 2.36. The molecule has 0 saturated carbocycles. The van der Waals surface area contributed by atoms with Crippen molar-refractivity contribution in [1.82, 2.24) is 20.2 Å². The molecule has 0 bridgehead atoms. The Bertz CT molecular complexity index is 1270. The minimum Gasteiger partial charge on any atom is -0.490 e. The molecule has 1 N–H and O–H groups in total. The zero-order valence-corrected chi connectivity index (χ0v) is 21.9. The summed E-state index contributed by atoms with van der Waals surface area (Å²) in [5, 5.41) is 15.1. The van der Waals surface area contributed by atoms with E-state index in [0.29, 0.717) is 46.4 Å². The molecule has 2 aromatic carbocycles. The van der Waals surface area contributed by atoms with Crippen LogP contribution in [0.3, 0.4) is 0 Å². The third kappa shape index (κ3) is 5.32. The smallest absolute Gasteiger partial charge is 0.338 e. The van der Waals surface area contributed by atoms with E-state index in [1.54, 1.807) is 11.6 Å². The van der Waals surface area contributed by atoms with Gasteiger partial charge in [0.25, 0.3) is 0 Å². The van der Waals surface area contributed by atoms with Gasteiger partial charge in [-0.05, 0) is 84.2 Å². The van der Waals surface area contributed by atoms with Gasteiger partial charge in [-0.25, -0.2) is 4.79 Å². The molecule has 35 heavy (non-hydrogen) atoms. The number of nitrogens with zero attached hydrogens (tertiary/aromatic N) is 4. The minimum atomic E-state index is -0.617. The summed E-state index contributed by atoms with van der Waals surface area (Å²) in [6.45, 7) is 10.2. The number of aryl methyl sites for hydroxylation is 1. The van der Waals surface area contributed by atoms with Crippen LogP contribution in [0.15, 0.2) is 52.1 Å². The summed E-state index contributed by atoms with van der Waals surface area (Å²) in [5.41, 5.74) is 4.00. The van der Waals surface area contributed by atoms with Gasteiger partial charge in [0.2, 0.25) is 5.95 Å². The van der Waals surface area contributed by atoms with Gasteiger partial charge in [-0.15, -0.1) is 0 Å². The Kier molecular flexibility index (Phi) is 7.39. The summed E-state index contributed by atoms with van der Waals surface area (Å²) < 4.78 is 19.9. The van der Waals surface area contributed by atoms with Crippen molar-refractivity contribution in [3.63, 3.8) is 0 Å². The maximum Gasteiger partial charge on any atom is 0.338 e. The van der Waals surface area contributed by atoms with E-state index < -0.39 is 12.0 Å². The Hall–Kier alpha value is -3.40. The van der Waals surface area contributed by atoms with Gasteiger partial charge in [0, 0.05) is 5.70 Å². The average molecular weight is 542 g/mol. The minimum absolute atomic E-state index is 0.276. The topological polar surface area (TPSA) is 100 Å². The summed E-state index contributed by atoms with van der Waals surface area (Å²) in [6.07, 6.45) is -0.276. The number of rotatable bonds is 8. The fourth-order valence-electron chi connectivity index (χ4n) is 3.97. The van der Waals surface area contributed by atoms with Crippen LogP contribution in [0.4, 0.5) is 5.95 Å². The molecule has 184 valence electrons. The third-order valence-electron chi connectivity index (χ3n) is 5.39. The van der Waals surface area contributed by atoms with Crippen LogP contribution < -0.4 is 14.8 Å². The highest BCUT2D eigenvalue weighted by Crippen LogP contribution is 2.43. The second kappa shape index (κ2) is 10.5. The fraction of sp³-hybridized carbons (Fsp3) is 0.360. The van der Waals surface area contributed by atoms with Gasteiger partial charge >= 0.3 is 5.97 Å². The van der Waals surface area contributed by atoms with E-state index in [-0.39, 0.29) is 6.10 Å².